The molecule has 17 heavy (non-hydrogen) atoms. The van der Waals surface area contributed by atoms with Crippen molar-refractivity contribution in [3.8, 4) is 0 Å². The van der Waals surface area contributed by atoms with E-state index < -0.39 is 21.9 Å². The Labute approximate surface area is 101 Å². The highest BCUT2D eigenvalue weighted by Crippen LogP contribution is 2.15. The number of hydrogen-bond acceptors (Lipinski definition) is 3. The third kappa shape index (κ3) is 3.07. The van der Waals surface area contributed by atoms with Crippen molar-refractivity contribution in [3.63, 3.8) is 0 Å². The topological polar surface area (TPSA) is 79.6 Å². The molecule has 0 aromatic carbocycles. The number of carboxylic acids is 1. The molecule has 0 saturated carbocycles. The van der Waals surface area contributed by atoms with Gasteiger partial charge >= 0.3 is 5.97 Å². The Balaban J connectivity index is 2.88. The number of sulfonamides is 1. The predicted octanol–water partition coefficient (Wildman–Crippen LogP) is 0.366. The Hall–Kier alpha value is -1.34. The minimum absolute atomic E-state index is 0.0490. The van der Waals surface area contributed by atoms with Gasteiger partial charge in [-0.05, 0) is 6.07 Å². The van der Waals surface area contributed by atoms with Crippen molar-refractivity contribution < 1.29 is 18.3 Å². The maximum Gasteiger partial charge on any atom is 0.307 e. The molecule has 1 atom stereocenters. The molecule has 0 radical (unpaired) electrons. The molecule has 0 amide bonds. The van der Waals surface area contributed by atoms with Gasteiger partial charge in [0, 0.05) is 33.0 Å². The number of aromatic nitrogens is 1. The smallest absolute Gasteiger partial charge is 0.307 e. The second-order valence-corrected chi connectivity index (χ2v) is 6.08. The number of aliphatic carboxylic acids is 1. The van der Waals surface area contributed by atoms with Crippen LogP contribution >= 0.6 is 0 Å². The van der Waals surface area contributed by atoms with E-state index in [1.807, 2.05) is 0 Å². The van der Waals surface area contributed by atoms with E-state index in [2.05, 4.69) is 0 Å². The fourth-order valence-corrected chi connectivity index (χ4v) is 2.68. The highest BCUT2D eigenvalue weighted by molar-refractivity contribution is 7.89. The monoisotopic (exact) mass is 260 g/mol. The Morgan fingerprint density at radius 1 is 1.59 bits per heavy atom. The second-order valence-electron chi connectivity index (χ2n) is 4.04. The lowest BCUT2D eigenvalue weighted by atomic mass is 10.2. The molecule has 0 aliphatic heterocycles. The van der Waals surface area contributed by atoms with E-state index in [-0.39, 0.29) is 11.4 Å². The Morgan fingerprint density at radius 3 is 2.59 bits per heavy atom. The first-order chi connectivity index (χ1) is 7.75. The van der Waals surface area contributed by atoms with Gasteiger partial charge < -0.3 is 9.67 Å². The molecule has 6 nitrogen and oxygen atoms in total. The summed E-state index contributed by atoms with van der Waals surface area (Å²) in [4.78, 5) is 10.8. The molecule has 1 N–H and O–H groups in total. The summed E-state index contributed by atoms with van der Waals surface area (Å²) in [5.74, 6) is -1.75. The zero-order valence-electron chi connectivity index (χ0n) is 9.99. The van der Waals surface area contributed by atoms with Crippen LogP contribution in [0.3, 0.4) is 0 Å². The molecule has 1 aromatic heterocycles. The molecule has 1 heterocycles. The normalized spacial score (nSPS) is 13.9. The minimum Gasteiger partial charge on any atom is -0.481 e. The van der Waals surface area contributed by atoms with E-state index in [1.165, 1.54) is 26.2 Å². The van der Waals surface area contributed by atoms with E-state index in [0.29, 0.717) is 0 Å². The highest BCUT2D eigenvalue weighted by Gasteiger charge is 2.25. The molecule has 7 heteroatoms. The summed E-state index contributed by atoms with van der Waals surface area (Å²) in [5.41, 5.74) is 0. The van der Waals surface area contributed by atoms with Gasteiger partial charge in [-0.15, -0.1) is 0 Å². The summed E-state index contributed by atoms with van der Waals surface area (Å²) < 4.78 is 26.7. The van der Waals surface area contributed by atoms with Gasteiger partial charge in [0.1, 0.15) is 0 Å². The first-order valence-corrected chi connectivity index (χ1v) is 6.50. The standard InChI is InChI=1S/C10H16N2O4S/c1-8(10(13)14)6-12(3)17(15,16)9-4-5-11(2)7-9/h4-5,7-8H,6H2,1-3H3,(H,13,14). The SMILES string of the molecule is CC(CN(C)S(=O)(=O)c1ccn(C)c1)C(=O)O. The molecule has 0 saturated heterocycles. The molecular formula is C10H16N2O4S. The third-order valence-electron chi connectivity index (χ3n) is 2.47. The molecule has 1 aromatic rings. The summed E-state index contributed by atoms with van der Waals surface area (Å²) in [5, 5.41) is 8.75. The van der Waals surface area contributed by atoms with Crippen molar-refractivity contribution in [1.29, 1.82) is 0 Å². The van der Waals surface area contributed by atoms with Crippen molar-refractivity contribution in [3.05, 3.63) is 18.5 Å². The van der Waals surface area contributed by atoms with Crippen LogP contribution in [0.2, 0.25) is 0 Å². The maximum absolute atomic E-state index is 12.0. The molecule has 0 aliphatic carbocycles. The van der Waals surface area contributed by atoms with Crippen molar-refractivity contribution >= 4 is 16.0 Å². The van der Waals surface area contributed by atoms with Gasteiger partial charge in [0.25, 0.3) is 0 Å². The van der Waals surface area contributed by atoms with Gasteiger partial charge in [-0.2, -0.15) is 0 Å². The van der Waals surface area contributed by atoms with Crippen LogP contribution in [0.1, 0.15) is 6.92 Å². The lowest BCUT2D eigenvalue weighted by molar-refractivity contribution is -0.141. The van der Waals surface area contributed by atoms with Gasteiger partial charge in [-0.3, -0.25) is 4.79 Å². The Morgan fingerprint density at radius 2 is 2.18 bits per heavy atom. The molecule has 1 rings (SSSR count). The van der Waals surface area contributed by atoms with E-state index >= 15 is 0 Å². The quantitative estimate of drug-likeness (QED) is 0.829. The summed E-state index contributed by atoms with van der Waals surface area (Å²) in [6.45, 7) is 1.42. The number of nitrogens with zero attached hydrogens (tertiary/aromatic N) is 2. The van der Waals surface area contributed by atoms with E-state index in [1.54, 1.807) is 17.8 Å². The fraction of sp³-hybridized carbons (Fsp3) is 0.500. The van der Waals surface area contributed by atoms with Gasteiger partial charge in [0.2, 0.25) is 10.0 Å². The van der Waals surface area contributed by atoms with Crippen LogP contribution in [0.25, 0.3) is 0 Å². The average Bonchev–Trinajstić information content (AvgIpc) is 2.64. The van der Waals surface area contributed by atoms with Crippen LogP contribution in [0.5, 0.6) is 0 Å². The molecule has 96 valence electrons. The van der Waals surface area contributed by atoms with E-state index in [4.69, 9.17) is 5.11 Å². The molecule has 0 bridgehead atoms. The fourth-order valence-electron chi connectivity index (χ4n) is 1.37. The van der Waals surface area contributed by atoms with Crippen LogP contribution in [0.4, 0.5) is 0 Å². The summed E-state index contributed by atoms with van der Waals surface area (Å²) in [6.07, 6.45) is 3.11. The van der Waals surface area contributed by atoms with Crippen LogP contribution < -0.4 is 0 Å². The lowest BCUT2D eigenvalue weighted by Crippen LogP contribution is -2.33. The zero-order chi connectivity index (χ0) is 13.2. The van der Waals surface area contributed by atoms with E-state index in [9.17, 15) is 13.2 Å². The van der Waals surface area contributed by atoms with Gasteiger partial charge in [0.15, 0.2) is 0 Å². The van der Waals surface area contributed by atoms with Crippen molar-refractivity contribution in [2.45, 2.75) is 11.8 Å². The van der Waals surface area contributed by atoms with Gasteiger partial charge in [0.05, 0.1) is 10.8 Å². The highest BCUT2D eigenvalue weighted by atomic mass is 32.2. The summed E-state index contributed by atoms with van der Waals surface area (Å²) in [6, 6.07) is 1.48. The number of rotatable bonds is 5. The first kappa shape index (κ1) is 13.7. The third-order valence-corrected chi connectivity index (χ3v) is 4.27. The van der Waals surface area contributed by atoms with Gasteiger partial charge in [-0.25, -0.2) is 12.7 Å². The predicted molar refractivity (Wildman–Crippen MR) is 62.0 cm³/mol. The van der Waals surface area contributed by atoms with Crippen LogP contribution in [-0.4, -0.2) is 42.0 Å². The molecule has 1 unspecified atom stereocenters. The average molecular weight is 260 g/mol. The first-order valence-electron chi connectivity index (χ1n) is 5.06. The van der Waals surface area contributed by atoms with Crippen LogP contribution in [0, 0.1) is 5.92 Å². The number of carboxylic acid groups (broad SMARTS) is 1. The summed E-state index contributed by atoms with van der Waals surface area (Å²) in [7, 11) is -0.500. The Bertz CT molecular complexity index is 506. The Kier molecular flexibility index (Phi) is 3.94. The van der Waals surface area contributed by atoms with Crippen molar-refractivity contribution in [2.75, 3.05) is 13.6 Å². The second kappa shape index (κ2) is 4.89. The van der Waals surface area contributed by atoms with Crippen molar-refractivity contribution in [2.24, 2.45) is 13.0 Å². The number of carbonyl (C=O) groups is 1. The maximum atomic E-state index is 12.0. The molecule has 0 aliphatic rings. The largest absolute Gasteiger partial charge is 0.481 e. The molecule has 0 fully saturated rings. The minimum atomic E-state index is -3.60. The van der Waals surface area contributed by atoms with Crippen molar-refractivity contribution in [1.82, 2.24) is 8.87 Å². The zero-order valence-corrected chi connectivity index (χ0v) is 10.8. The summed E-state index contributed by atoms with van der Waals surface area (Å²) >= 11 is 0. The number of aryl methyl sites for hydroxylation is 1. The lowest BCUT2D eigenvalue weighted by Gasteiger charge is -2.18. The van der Waals surface area contributed by atoms with Gasteiger partial charge in [-0.1, -0.05) is 6.92 Å². The van der Waals surface area contributed by atoms with Crippen LogP contribution in [0.15, 0.2) is 23.4 Å². The molecular weight excluding hydrogens is 244 g/mol. The van der Waals surface area contributed by atoms with E-state index in [0.717, 1.165) is 4.31 Å². The molecule has 0 spiro atoms. The number of hydrogen-bond donors (Lipinski definition) is 1. The van der Waals surface area contributed by atoms with Crippen LogP contribution in [-0.2, 0) is 21.9 Å².